The normalized spacial score (nSPS) is 18.0. The molecule has 1 atom stereocenters. The molecule has 1 aliphatic heterocycles. The Hall–Kier alpha value is -2.49. The lowest BCUT2D eigenvalue weighted by molar-refractivity contribution is -0.115. The number of fused-ring (bicyclic) bond motifs is 2. The number of hydrogen-bond acceptors (Lipinski definition) is 3. The van der Waals surface area contributed by atoms with E-state index in [1.165, 1.54) is 0 Å². The van der Waals surface area contributed by atoms with Crippen molar-refractivity contribution < 1.29 is 9.53 Å². The number of hydrogen-bond donors (Lipinski definition) is 0. The van der Waals surface area contributed by atoms with Crippen LogP contribution in [0.4, 0.5) is 0 Å². The molecular weight excluding hydrogens is 388 g/mol. The molecule has 0 spiro atoms. The highest BCUT2D eigenvalue weighted by molar-refractivity contribution is 7.99. The minimum absolute atomic E-state index is 0.155. The summed E-state index contributed by atoms with van der Waals surface area (Å²) in [5.41, 5.74) is 3.19. The van der Waals surface area contributed by atoms with E-state index < -0.39 is 0 Å². The van der Waals surface area contributed by atoms with Crippen LogP contribution >= 0.6 is 23.4 Å². The van der Waals surface area contributed by atoms with Gasteiger partial charge in [-0.2, -0.15) is 0 Å². The summed E-state index contributed by atoms with van der Waals surface area (Å²) in [7, 11) is 0. The zero-order chi connectivity index (χ0) is 19.1. The summed E-state index contributed by atoms with van der Waals surface area (Å²) in [5, 5.41) is 0.711. The minimum Gasteiger partial charge on any atom is -0.454 e. The first-order valence-corrected chi connectivity index (χ1v) is 10.4. The Kier molecular flexibility index (Phi) is 4.50. The van der Waals surface area contributed by atoms with Gasteiger partial charge in [0.05, 0.1) is 9.79 Å². The molecule has 3 aromatic carbocycles. The van der Waals surface area contributed by atoms with E-state index in [4.69, 9.17) is 16.3 Å². The van der Waals surface area contributed by atoms with E-state index in [0.29, 0.717) is 11.4 Å². The van der Waals surface area contributed by atoms with E-state index in [1.54, 1.807) is 17.8 Å². The lowest BCUT2D eigenvalue weighted by Gasteiger charge is -2.26. The number of carbonyl (C=O) groups is 1. The average molecular weight is 405 g/mol. The van der Waals surface area contributed by atoms with Gasteiger partial charge < -0.3 is 4.74 Å². The summed E-state index contributed by atoms with van der Waals surface area (Å²) in [5.74, 6) is 2.03. The first-order chi connectivity index (χ1) is 13.7. The van der Waals surface area contributed by atoms with Gasteiger partial charge in [0.1, 0.15) is 11.5 Å². The van der Waals surface area contributed by atoms with Crippen LogP contribution in [0, 0.1) is 0 Å². The molecular formula is C24H17ClO2S. The quantitative estimate of drug-likeness (QED) is 0.355. The van der Waals surface area contributed by atoms with Crippen LogP contribution in [-0.2, 0) is 4.79 Å². The van der Waals surface area contributed by atoms with Gasteiger partial charge in [-0.05, 0) is 59.9 Å². The van der Waals surface area contributed by atoms with E-state index >= 15 is 0 Å². The number of rotatable bonds is 2. The average Bonchev–Trinajstić information content (AvgIpc) is 2.72. The van der Waals surface area contributed by atoms with E-state index in [0.717, 1.165) is 44.4 Å². The van der Waals surface area contributed by atoms with E-state index in [-0.39, 0.29) is 11.7 Å². The van der Waals surface area contributed by atoms with Crippen molar-refractivity contribution in [2.75, 3.05) is 0 Å². The number of carbonyl (C=O) groups excluding carboxylic acids is 1. The van der Waals surface area contributed by atoms with Crippen molar-refractivity contribution in [1.29, 1.82) is 0 Å². The summed E-state index contributed by atoms with van der Waals surface area (Å²) in [6.45, 7) is 0. The fourth-order valence-electron chi connectivity index (χ4n) is 3.85. The Morgan fingerprint density at radius 3 is 2.54 bits per heavy atom. The molecule has 3 aromatic rings. The zero-order valence-corrected chi connectivity index (χ0v) is 16.6. The van der Waals surface area contributed by atoms with Crippen molar-refractivity contribution >= 4 is 34.7 Å². The number of halogens is 1. The highest BCUT2D eigenvalue weighted by Crippen LogP contribution is 2.50. The number of ether oxygens (including phenoxy) is 1. The van der Waals surface area contributed by atoms with Crippen LogP contribution in [0.5, 0.6) is 11.5 Å². The van der Waals surface area contributed by atoms with Crippen molar-refractivity contribution in [3.63, 3.8) is 0 Å². The van der Waals surface area contributed by atoms with Gasteiger partial charge in [0.2, 0.25) is 0 Å². The molecule has 0 aromatic heterocycles. The fraction of sp³-hybridized carbons (Fsp3) is 0.125. The second kappa shape index (κ2) is 7.16. The maximum atomic E-state index is 12.5. The molecule has 0 saturated heterocycles. The molecule has 2 aliphatic rings. The van der Waals surface area contributed by atoms with Gasteiger partial charge in [-0.1, -0.05) is 59.8 Å². The topological polar surface area (TPSA) is 26.3 Å². The van der Waals surface area contributed by atoms with Gasteiger partial charge in [0.15, 0.2) is 5.78 Å². The summed E-state index contributed by atoms with van der Waals surface area (Å²) in [4.78, 5) is 14.7. The van der Waals surface area contributed by atoms with Crippen molar-refractivity contribution in [3.05, 3.63) is 89.0 Å². The van der Waals surface area contributed by atoms with Gasteiger partial charge in [-0.25, -0.2) is 0 Å². The largest absolute Gasteiger partial charge is 0.454 e. The minimum atomic E-state index is 0.155. The first kappa shape index (κ1) is 17.6. The van der Waals surface area contributed by atoms with E-state index in [1.807, 2.05) is 48.5 Å². The highest BCUT2D eigenvalue weighted by Gasteiger charge is 2.27. The smallest absolute Gasteiger partial charge is 0.156 e. The molecule has 0 bridgehead atoms. The van der Waals surface area contributed by atoms with E-state index in [9.17, 15) is 4.79 Å². The Bertz CT molecular complexity index is 1100. The monoisotopic (exact) mass is 404 g/mol. The highest BCUT2D eigenvalue weighted by atomic mass is 35.5. The third kappa shape index (κ3) is 3.25. The second-order valence-electron chi connectivity index (χ2n) is 7.08. The van der Waals surface area contributed by atoms with Crippen molar-refractivity contribution in [1.82, 2.24) is 0 Å². The molecule has 138 valence electrons. The lowest BCUT2D eigenvalue weighted by Crippen LogP contribution is -2.13. The summed E-state index contributed by atoms with van der Waals surface area (Å²) < 4.78 is 6.26. The molecule has 0 radical (unpaired) electrons. The third-order valence-electron chi connectivity index (χ3n) is 5.20. The second-order valence-corrected chi connectivity index (χ2v) is 8.60. The molecule has 2 nitrogen and oxygen atoms in total. The fourth-order valence-corrected chi connectivity index (χ4v) is 4.96. The van der Waals surface area contributed by atoms with Gasteiger partial charge in [0.25, 0.3) is 0 Å². The van der Waals surface area contributed by atoms with Crippen LogP contribution < -0.4 is 4.74 Å². The molecule has 4 heteroatoms. The standard InChI is InChI=1S/C24H17ClO2S/c25-18-10-8-15(9-11-18)16-12-17(14-19(26)13-16)20-4-3-7-23-24(20)27-21-5-1-2-6-22(21)28-23/h1-11,14,16H,12-13H2/t16-/m1/s1. The molecule has 0 amide bonds. The summed E-state index contributed by atoms with van der Waals surface area (Å²) in [6, 6.07) is 22.0. The molecule has 1 heterocycles. The van der Waals surface area contributed by atoms with Crippen LogP contribution in [0.1, 0.15) is 29.9 Å². The Labute approximate surface area is 173 Å². The molecule has 5 rings (SSSR count). The Morgan fingerprint density at radius 2 is 1.68 bits per heavy atom. The molecule has 0 unspecified atom stereocenters. The van der Waals surface area contributed by atoms with Gasteiger partial charge in [-0.3, -0.25) is 4.79 Å². The maximum absolute atomic E-state index is 12.5. The molecule has 0 N–H and O–H groups in total. The number of benzene rings is 3. The van der Waals surface area contributed by atoms with Gasteiger partial charge in [0, 0.05) is 17.0 Å². The summed E-state index contributed by atoms with van der Waals surface area (Å²) >= 11 is 7.74. The van der Waals surface area contributed by atoms with Crippen molar-refractivity contribution in [2.24, 2.45) is 0 Å². The lowest BCUT2D eigenvalue weighted by atomic mass is 9.81. The molecule has 0 fully saturated rings. The van der Waals surface area contributed by atoms with Crippen LogP contribution in [0.25, 0.3) is 5.57 Å². The van der Waals surface area contributed by atoms with Crippen LogP contribution in [0.2, 0.25) is 5.02 Å². The number of ketones is 1. The maximum Gasteiger partial charge on any atom is 0.156 e. The Morgan fingerprint density at radius 1 is 0.893 bits per heavy atom. The first-order valence-electron chi connectivity index (χ1n) is 9.24. The van der Waals surface area contributed by atoms with Crippen LogP contribution in [-0.4, -0.2) is 5.78 Å². The SMILES string of the molecule is O=C1C=C(c2cccc3c2Oc2ccccc2S3)C[C@@H](c2ccc(Cl)cc2)C1. The predicted molar refractivity (Wildman–Crippen MR) is 113 cm³/mol. The van der Waals surface area contributed by atoms with Crippen LogP contribution in [0.3, 0.4) is 0 Å². The number of para-hydroxylation sites is 2. The Balaban J connectivity index is 1.51. The molecule has 0 saturated carbocycles. The molecule has 28 heavy (non-hydrogen) atoms. The molecule has 1 aliphatic carbocycles. The zero-order valence-electron chi connectivity index (χ0n) is 15.0. The van der Waals surface area contributed by atoms with E-state index in [2.05, 4.69) is 18.2 Å². The third-order valence-corrected chi connectivity index (χ3v) is 6.55. The number of allylic oxidation sites excluding steroid dienone is 2. The van der Waals surface area contributed by atoms with Crippen molar-refractivity contribution in [2.45, 2.75) is 28.6 Å². The predicted octanol–water partition coefficient (Wildman–Crippen LogP) is 7.13. The van der Waals surface area contributed by atoms with Crippen molar-refractivity contribution in [3.8, 4) is 11.5 Å². The van der Waals surface area contributed by atoms with Crippen LogP contribution in [0.15, 0.2) is 82.6 Å². The van der Waals surface area contributed by atoms with Gasteiger partial charge >= 0.3 is 0 Å². The van der Waals surface area contributed by atoms with Gasteiger partial charge in [-0.15, -0.1) is 0 Å². The summed E-state index contributed by atoms with van der Waals surface area (Å²) in [6.07, 6.45) is 3.12.